The Morgan fingerprint density at radius 1 is 1.80 bits per heavy atom. The van der Waals surface area contributed by atoms with E-state index in [0.29, 0.717) is 0 Å². The fourth-order valence-electron chi connectivity index (χ4n) is 0.507. The molecule has 0 rings (SSSR count). The molecule has 0 spiro atoms. The van der Waals surface area contributed by atoms with Crippen LogP contribution in [-0.2, 0) is 4.79 Å². The molecule has 2 nitrogen and oxygen atoms in total. The zero-order chi connectivity index (χ0) is 7.28. The summed E-state index contributed by atoms with van der Waals surface area (Å²) >= 11 is 3.04. The first-order valence-corrected chi connectivity index (χ1v) is 3.97. The van der Waals surface area contributed by atoms with Crippen LogP contribution in [0.5, 0.6) is 0 Å². The Bertz CT molecular complexity index is 103. The summed E-state index contributed by atoms with van der Waals surface area (Å²) in [7, 11) is 0. The van der Waals surface area contributed by atoms with Crippen LogP contribution in [0.15, 0.2) is 0 Å². The van der Waals surface area contributed by atoms with E-state index in [4.69, 9.17) is 5.11 Å². The zero-order valence-electron chi connectivity index (χ0n) is 7.43. The Hall–Kier alpha value is 0.950. The number of unbranched alkanes of at least 4 members (excludes halogenated alkanes) is 1. The first-order valence-electron chi connectivity index (χ1n) is 3.05. The van der Waals surface area contributed by atoms with Gasteiger partial charge < -0.3 is 6.53 Å². The quantitative estimate of drug-likeness (QED) is 0.493. The van der Waals surface area contributed by atoms with Crippen molar-refractivity contribution in [1.29, 1.82) is 0 Å². The maximum atomic E-state index is 10.2. The molecule has 0 aliphatic heterocycles. The van der Waals surface area contributed by atoms with Crippen molar-refractivity contribution in [3.63, 3.8) is 0 Å². The van der Waals surface area contributed by atoms with E-state index in [1.807, 2.05) is 6.92 Å². The van der Waals surface area contributed by atoms with Gasteiger partial charge in [-0.25, -0.2) is 0 Å². The second-order valence-electron chi connectivity index (χ2n) is 1.95. The van der Waals surface area contributed by atoms with E-state index in [2.05, 4.69) is 15.9 Å². The Labute approximate surface area is 93.3 Å². The van der Waals surface area contributed by atoms with Crippen LogP contribution in [-0.4, -0.2) is 15.9 Å². The van der Waals surface area contributed by atoms with E-state index in [1.54, 1.807) is 0 Å². The Kier molecular flexibility index (Phi) is 10.9. The third-order valence-corrected chi connectivity index (χ3v) is 1.93. The zero-order valence-corrected chi connectivity index (χ0v) is 10.0. The van der Waals surface area contributed by atoms with Gasteiger partial charge in [0.1, 0.15) is 4.83 Å². The molecule has 1 atom stereocenters. The van der Waals surface area contributed by atoms with Gasteiger partial charge in [0.05, 0.1) is 0 Å². The van der Waals surface area contributed by atoms with Crippen LogP contribution in [0.4, 0.5) is 0 Å². The van der Waals surface area contributed by atoms with E-state index in [9.17, 15) is 4.79 Å². The number of aliphatic carboxylic acids is 1. The normalized spacial score (nSPS) is 11.8. The Balaban J connectivity index is -0.000000320. The second kappa shape index (κ2) is 8.05. The monoisotopic (exact) mass is 218 g/mol. The van der Waals surface area contributed by atoms with Crippen LogP contribution in [0.25, 0.3) is 0 Å². The molecule has 0 aromatic heterocycles. The maximum absolute atomic E-state index is 10.2. The first kappa shape index (κ1) is 13.5. The van der Waals surface area contributed by atoms with E-state index >= 15 is 0 Å². The molecule has 0 saturated heterocycles. The van der Waals surface area contributed by atoms with Gasteiger partial charge in [0.15, 0.2) is 0 Å². The number of carboxylic acid groups (broad SMARTS) is 1. The van der Waals surface area contributed by atoms with Crippen LogP contribution in [0.2, 0.25) is 0 Å². The van der Waals surface area contributed by atoms with Crippen molar-refractivity contribution in [1.82, 2.24) is 0 Å². The Morgan fingerprint density at radius 2 is 2.30 bits per heavy atom. The van der Waals surface area contributed by atoms with Gasteiger partial charge in [-0.15, -0.1) is 0 Å². The molecular formula is C6H12BrNaO2. The summed E-state index contributed by atoms with van der Waals surface area (Å²) in [5.41, 5.74) is 0. The molecule has 0 aliphatic rings. The summed E-state index contributed by atoms with van der Waals surface area (Å²) in [6.07, 6.45) is 2.75. The van der Waals surface area contributed by atoms with Crippen LogP contribution in [0.3, 0.4) is 0 Å². The van der Waals surface area contributed by atoms with Gasteiger partial charge in [-0.05, 0) is 6.42 Å². The van der Waals surface area contributed by atoms with Crippen LogP contribution >= 0.6 is 15.9 Å². The molecule has 0 saturated carbocycles. The van der Waals surface area contributed by atoms with Crippen LogP contribution in [0, 0.1) is 0 Å². The topological polar surface area (TPSA) is 37.3 Å². The number of hydrogen-bond donors (Lipinski definition) is 1. The van der Waals surface area contributed by atoms with Gasteiger partial charge in [-0.1, -0.05) is 35.7 Å². The molecule has 0 amide bonds. The summed E-state index contributed by atoms with van der Waals surface area (Å²) in [5, 5.41) is 8.36. The molecule has 56 valence electrons. The number of carbonyl (C=O) groups is 1. The minimum Gasteiger partial charge on any atom is -1.00 e. The van der Waals surface area contributed by atoms with Gasteiger partial charge in [0, 0.05) is 0 Å². The average molecular weight is 219 g/mol. The van der Waals surface area contributed by atoms with E-state index in [-0.39, 0.29) is 35.8 Å². The summed E-state index contributed by atoms with van der Waals surface area (Å²) in [5.74, 6) is -0.761. The molecule has 0 aromatic carbocycles. The van der Waals surface area contributed by atoms with E-state index in [1.165, 1.54) is 0 Å². The summed E-state index contributed by atoms with van der Waals surface area (Å²) in [6, 6.07) is 0. The predicted octanol–water partition coefficient (Wildman–Crippen LogP) is -0.859. The van der Waals surface area contributed by atoms with Crippen molar-refractivity contribution in [2.75, 3.05) is 0 Å². The number of halogens is 1. The molecule has 0 radical (unpaired) electrons. The maximum Gasteiger partial charge on any atom is 1.00 e. The van der Waals surface area contributed by atoms with Crippen molar-refractivity contribution >= 4 is 21.9 Å². The molecule has 4 heteroatoms. The van der Waals surface area contributed by atoms with Gasteiger partial charge >= 0.3 is 35.5 Å². The van der Waals surface area contributed by atoms with Crippen LogP contribution < -0.4 is 29.6 Å². The van der Waals surface area contributed by atoms with Crippen molar-refractivity contribution < 1.29 is 40.9 Å². The predicted molar refractivity (Wildman–Crippen MR) is 41.0 cm³/mol. The molecular weight excluding hydrogens is 207 g/mol. The van der Waals surface area contributed by atoms with Gasteiger partial charge in [0.25, 0.3) is 0 Å². The summed E-state index contributed by atoms with van der Waals surface area (Å²) in [6.45, 7) is 2.04. The fraction of sp³-hybridized carbons (Fsp3) is 0.833. The number of alkyl halides is 1. The molecule has 0 fully saturated rings. The fourth-order valence-corrected chi connectivity index (χ4v) is 0.831. The molecule has 1 N–H and O–H groups in total. The minimum absolute atomic E-state index is 0. The van der Waals surface area contributed by atoms with Crippen molar-refractivity contribution in [3.8, 4) is 0 Å². The standard InChI is InChI=1S/C6H11BrO2.Na.H/c1-2-3-4-5(7)6(8)9;;/h5H,2-4H2,1H3,(H,8,9);;/q;+1;-1. The van der Waals surface area contributed by atoms with Crippen molar-refractivity contribution in [2.45, 2.75) is 31.0 Å². The number of rotatable bonds is 4. The van der Waals surface area contributed by atoms with Gasteiger partial charge in [-0.2, -0.15) is 0 Å². The first-order chi connectivity index (χ1) is 4.18. The largest absolute Gasteiger partial charge is 1.00 e. The molecule has 10 heavy (non-hydrogen) atoms. The van der Waals surface area contributed by atoms with Gasteiger partial charge in [0.2, 0.25) is 0 Å². The average Bonchev–Trinajstić information content (AvgIpc) is 1.82. The second-order valence-corrected chi connectivity index (χ2v) is 3.05. The van der Waals surface area contributed by atoms with Crippen molar-refractivity contribution in [3.05, 3.63) is 0 Å². The summed E-state index contributed by atoms with van der Waals surface area (Å²) < 4.78 is 0. The Morgan fingerprint density at radius 3 is 2.60 bits per heavy atom. The smallest absolute Gasteiger partial charge is 1.00 e. The van der Waals surface area contributed by atoms with Crippen molar-refractivity contribution in [2.24, 2.45) is 0 Å². The van der Waals surface area contributed by atoms with E-state index in [0.717, 1.165) is 19.3 Å². The summed E-state index contributed by atoms with van der Waals surface area (Å²) in [4.78, 5) is 9.81. The molecule has 1 unspecified atom stereocenters. The molecule has 0 aromatic rings. The minimum atomic E-state index is -0.761. The molecule has 0 aliphatic carbocycles. The van der Waals surface area contributed by atoms with Crippen LogP contribution in [0.1, 0.15) is 27.6 Å². The molecule has 0 heterocycles. The third kappa shape index (κ3) is 7.06. The van der Waals surface area contributed by atoms with Gasteiger partial charge in [-0.3, -0.25) is 4.79 Å². The third-order valence-electron chi connectivity index (χ3n) is 1.08. The molecule has 0 bridgehead atoms. The number of carboxylic acids is 1. The van der Waals surface area contributed by atoms with E-state index < -0.39 is 5.97 Å². The SMILES string of the molecule is CCCCC(Br)C(=O)O.[H-].[Na+]. The number of hydrogen-bond acceptors (Lipinski definition) is 1.